The average molecular weight is 517 g/mol. The zero-order valence-corrected chi connectivity index (χ0v) is 20.0. The van der Waals surface area contributed by atoms with Gasteiger partial charge < -0.3 is 15.6 Å². The molecule has 2 heterocycles. The van der Waals surface area contributed by atoms with Gasteiger partial charge in [-0.1, -0.05) is 42.5 Å². The van der Waals surface area contributed by atoms with Gasteiger partial charge in [-0.15, -0.1) is 24.0 Å². The van der Waals surface area contributed by atoms with Crippen LogP contribution in [0.4, 0.5) is 0 Å². The van der Waals surface area contributed by atoms with Gasteiger partial charge in [0.25, 0.3) is 0 Å². The molecule has 0 radical (unpaired) electrons. The molecule has 6 heteroatoms. The molecule has 4 rings (SSSR count). The Balaban J connectivity index is 0.00000256. The fraction of sp³-hybridized carbons (Fsp3) is 0.375. The third-order valence-electron chi connectivity index (χ3n) is 5.67. The lowest BCUT2D eigenvalue weighted by atomic mass is 10.1. The molecule has 0 unspecified atom stereocenters. The zero-order valence-electron chi connectivity index (χ0n) is 17.7. The fourth-order valence-electron chi connectivity index (χ4n) is 4.02. The summed E-state index contributed by atoms with van der Waals surface area (Å²) in [6.45, 7) is 5.17. The Kier molecular flexibility index (Phi) is 8.57. The number of aromatic amines is 1. The summed E-state index contributed by atoms with van der Waals surface area (Å²) in [5.74, 6) is 0.839. The lowest BCUT2D eigenvalue weighted by molar-refractivity contribution is 0.331. The Labute approximate surface area is 196 Å². The Morgan fingerprint density at radius 1 is 1.00 bits per heavy atom. The molecule has 2 aromatic carbocycles. The number of para-hydroxylation sites is 1. The van der Waals surface area contributed by atoms with Gasteiger partial charge in [0.1, 0.15) is 0 Å². The third-order valence-corrected chi connectivity index (χ3v) is 5.67. The van der Waals surface area contributed by atoms with E-state index in [-0.39, 0.29) is 24.0 Å². The summed E-state index contributed by atoms with van der Waals surface area (Å²) in [7, 11) is 1.82. The Hall–Kier alpha value is -2.06. The van der Waals surface area contributed by atoms with Crippen molar-refractivity contribution in [3.8, 4) is 0 Å². The van der Waals surface area contributed by atoms with Crippen molar-refractivity contribution in [1.29, 1.82) is 0 Å². The molecular formula is C24H32IN5. The van der Waals surface area contributed by atoms with E-state index in [2.05, 4.69) is 80.2 Å². The molecule has 160 valence electrons. The van der Waals surface area contributed by atoms with Gasteiger partial charge in [-0.2, -0.15) is 0 Å². The van der Waals surface area contributed by atoms with Crippen LogP contribution in [0.5, 0.6) is 0 Å². The largest absolute Gasteiger partial charge is 0.361 e. The molecule has 1 saturated heterocycles. The molecule has 3 N–H and O–H groups in total. The summed E-state index contributed by atoms with van der Waals surface area (Å²) in [5.41, 5.74) is 5.20. The maximum absolute atomic E-state index is 4.35. The van der Waals surface area contributed by atoms with Crippen LogP contribution in [0.3, 0.4) is 0 Å². The van der Waals surface area contributed by atoms with Crippen molar-refractivity contribution in [3.05, 3.63) is 71.4 Å². The maximum Gasteiger partial charge on any atom is 0.191 e. The first-order valence-electron chi connectivity index (χ1n) is 10.6. The lowest BCUT2D eigenvalue weighted by Crippen LogP contribution is -2.37. The van der Waals surface area contributed by atoms with Crippen molar-refractivity contribution in [1.82, 2.24) is 20.5 Å². The minimum Gasteiger partial charge on any atom is -0.361 e. The van der Waals surface area contributed by atoms with E-state index >= 15 is 0 Å². The van der Waals surface area contributed by atoms with Crippen LogP contribution in [-0.2, 0) is 19.5 Å². The molecular weight excluding hydrogens is 485 g/mol. The highest BCUT2D eigenvalue weighted by Gasteiger charge is 2.11. The van der Waals surface area contributed by atoms with Crippen LogP contribution in [0.15, 0.2) is 59.7 Å². The molecule has 0 amide bonds. The molecule has 0 saturated carbocycles. The van der Waals surface area contributed by atoms with Gasteiger partial charge in [0, 0.05) is 43.8 Å². The van der Waals surface area contributed by atoms with E-state index in [1.807, 2.05) is 7.05 Å². The second-order valence-corrected chi connectivity index (χ2v) is 7.76. The van der Waals surface area contributed by atoms with E-state index in [4.69, 9.17) is 0 Å². The van der Waals surface area contributed by atoms with Gasteiger partial charge in [-0.05, 0) is 55.1 Å². The van der Waals surface area contributed by atoms with Gasteiger partial charge in [-0.3, -0.25) is 9.89 Å². The van der Waals surface area contributed by atoms with Crippen molar-refractivity contribution in [2.45, 2.75) is 32.4 Å². The number of guanidine groups is 1. The van der Waals surface area contributed by atoms with Crippen molar-refractivity contribution < 1.29 is 0 Å². The minimum atomic E-state index is 0. The van der Waals surface area contributed by atoms with Gasteiger partial charge in [0.2, 0.25) is 0 Å². The summed E-state index contributed by atoms with van der Waals surface area (Å²) in [6.07, 6.45) is 5.74. The topological polar surface area (TPSA) is 55.5 Å². The number of aromatic nitrogens is 1. The van der Waals surface area contributed by atoms with Gasteiger partial charge in [-0.25, -0.2) is 0 Å². The normalized spacial score (nSPS) is 14.6. The van der Waals surface area contributed by atoms with Gasteiger partial charge in [0.05, 0.1) is 0 Å². The molecule has 0 aliphatic carbocycles. The molecule has 5 nitrogen and oxygen atoms in total. The van der Waals surface area contributed by atoms with Crippen molar-refractivity contribution >= 4 is 40.8 Å². The minimum absolute atomic E-state index is 0. The molecule has 1 aromatic heterocycles. The number of rotatable bonds is 7. The van der Waals surface area contributed by atoms with E-state index in [1.54, 1.807) is 0 Å². The van der Waals surface area contributed by atoms with E-state index in [0.717, 1.165) is 32.0 Å². The molecule has 0 spiro atoms. The number of halogens is 1. The van der Waals surface area contributed by atoms with Crippen LogP contribution >= 0.6 is 24.0 Å². The number of hydrogen-bond acceptors (Lipinski definition) is 2. The van der Waals surface area contributed by atoms with Gasteiger partial charge in [0.15, 0.2) is 5.96 Å². The van der Waals surface area contributed by atoms with Crippen LogP contribution in [0.2, 0.25) is 0 Å². The number of fused-ring (bicyclic) bond motifs is 1. The van der Waals surface area contributed by atoms with Crippen LogP contribution in [-0.4, -0.2) is 42.5 Å². The van der Waals surface area contributed by atoms with Crippen LogP contribution in [0.1, 0.15) is 29.5 Å². The monoisotopic (exact) mass is 517 g/mol. The highest BCUT2D eigenvalue weighted by molar-refractivity contribution is 14.0. The molecule has 30 heavy (non-hydrogen) atoms. The first kappa shape index (κ1) is 22.6. The molecule has 3 aromatic rings. The second kappa shape index (κ2) is 11.4. The number of benzene rings is 2. The predicted molar refractivity (Wildman–Crippen MR) is 137 cm³/mol. The van der Waals surface area contributed by atoms with E-state index in [9.17, 15) is 0 Å². The van der Waals surface area contributed by atoms with Crippen LogP contribution in [0.25, 0.3) is 10.9 Å². The van der Waals surface area contributed by atoms with Crippen LogP contribution < -0.4 is 10.6 Å². The first-order valence-corrected chi connectivity index (χ1v) is 10.6. The highest BCUT2D eigenvalue weighted by atomic mass is 127. The van der Waals surface area contributed by atoms with Crippen molar-refractivity contribution in [2.24, 2.45) is 4.99 Å². The summed E-state index contributed by atoms with van der Waals surface area (Å²) in [5, 5.41) is 8.13. The Morgan fingerprint density at radius 2 is 1.73 bits per heavy atom. The summed E-state index contributed by atoms with van der Waals surface area (Å²) < 4.78 is 0. The molecule has 0 bridgehead atoms. The number of nitrogens with one attached hydrogen (secondary N) is 3. The SMILES string of the molecule is CN=C(NCCc1c[nH]c2ccccc12)NCc1ccc(CN2CCCC2)cc1.I. The van der Waals surface area contributed by atoms with Crippen molar-refractivity contribution in [2.75, 3.05) is 26.7 Å². The fourth-order valence-corrected chi connectivity index (χ4v) is 4.02. The average Bonchev–Trinajstić information content (AvgIpc) is 3.42. The quantitative estimate of drug-likeness (QED) is 0.249. The van der Waals surface area contributed by atoms with E-state index in [1.165, 1.54) is 53.5 Å². The predicted octanol–water partition coefficient (Wildman–Crippen LogP) is 4.29. The van der Waals surface area contributed by atoms with E-state index < -0.39 is 0 Å². The smallest absolute Gasteiger partial charge is 0.191 e. The maximum atomic E-state index is 4.35. The molecule has 0 atom stereocenters. The number of likely N-dealkylation sites (tertiary alicyclic amines) is 1. The number of nitrogens with zero attached hydrogens (tertiary/aromatic N) is 2. The Bertz CT molecular complexity index is 942. The highest BCUT2D eigenvalue weighted by Crippen LogP contribution is 2.17. The van der Waals surface area contributed by atoms with Crippen molar-refractivity contribution in [3.63, 3.8) is 0 Å². The number of H-pyrrole nitrogens is 1. The second-order valence-electron chi connectivity index (χ2n) is 7.76. The zero-order chi connectivity index (χ0) is 19.9. The Morgan fingerprint density at radius 3 is 2.50 bits per heavy atom. The lowest BCUT2D eigenvalue weighted by Gasteiger charge is -2.15. The van der Waals surface area contributed by atoms with E-state index in [0.29, 0.717) is 0 Å². The summed E-state index contributed by atoms with van der Waals surface area (Å²) >= 11 is 0. The standard InChI is InChI=1S/C24H31N5.HI/c1-25-24(26-13-12-21-17-27-23-7-3-2-6-22(21)23)28-16-19-8-10-20(11-9-19)18-29-14-4-5-15-29;/h2-3,6-11,17,27H,4-5,12-16,18H2,1H3,(H2,25,26,28);1H. The summed E-state index contributed by atoms with van der Waals surface area (Å²) in [4.78, 5) is 10.2. The molecule has 1 aliphatic rings. The third kappa shape index (κ3) is 5.98. The molecule has 1 aliphatic heterocycles. The first-order chi connectivity index (χ1) is 14.3. The summed E-state index contributed by atoms with van der Waals surface area (Å²) in [6, 6.07) is 17.4. The molecule has 1 fully saturated rings. The van der Waals surface area contributed by atoms with Gasteiger partial charge >= 0.3 is 0 Å². The number of hydrogen-bond donors (Lipinski definition) is 3. The van der Waals surface area contributed by atoms with Crippen LogP contribution in [0, 0.1) is 0 Å². The number of aliphatic imine (C=N–C) groups is 1.